The fraction of sp³-hybridized carbons (Fsp3) is 0.143. The summed E-state index contributed by atoms with van der Waals surface area (Å²) in [6.45, 7) is 1.54. The summed E-state index contributed by atoms with van der Waals surface area (Å²) in [6.07, 6.45) is 4.32. The van der Waals surface area contributed by atoms with Gasteiger partial charge in [-0.2, -0.15) is 4.98 Å². The molecule has 1 aromatic carbocycles. The minimum absolute atomic E-state index is 0.192. The van der Waals surface area contributed by atoms with Crippen molar-refractivity contribution < 1.29 is 0 Å². The van der Waals surface area contributed by atoms with Gasteiger partial charge in [-0.15, -0.1) is 0 Å². The predicted octanol–water partition coefficient (Wildman–Crippen LogP) is 2.94. The summed E-state index contributed by atoms with van der Waals surface area (Å²) in [7, 11) is 0. The molecule has 27 heavy (non-hydrogen) atoms. The molecular formula is C21H17N5O. The number of nitrogens with zero attached hydrogens (tertiary/aromatic N) is 4. The van der Waals surface area contributed by atoms with Gasteiger partial charge in [0, 0.05) is 31.0 Å². The molecule has 1 aliphatic heterocycles. The Bertz CT molecular complexity index is 1190. The van der Waals surface area contributed by atoms with Crippen molar-refractivity contribution in [3.05, 3.63) is 82.4 Å². The standard InChI is InChI=1S/C21H17N5O/c27-20-18-16(17-7-3-4-10-22-17)8-11-23-19(18)24-21(25-20)26-12-9-14-5-1-2-6-15(14)13-26/h1-8,10-11H,9,12-13H2,(H,23,24,25,27). The number of aromatic nitrogens is 4. The number of anilines is 1. The van der Waals surface area contributed by atoms with E-state index in [4.69, 9.17) is 0 Å². The quantitative estimate of drug-likeness (QED) is 0.598. The van der Waals surface area contributed by atoms with Gasteiger partial charge in [-0.05, 0) is 35.7 Å². The fourth-order valence-electron chi connectivity index (χ4n) is 3.61. The Morgan fingerprint density at radius 1 is 0.926 bits per heavy atom. The van der Waals surface area contributed by atoms with E-state index in [2.05, 4.69) is 43.0 Å². The summed E-state index contributed by atoms with van der Waals surface area (Å²) in [5.41, 5.74) is 4.34. The lowest BCUT2D eigenvalue weighted by Gasteiger charge is -2.29. The minimum Gasteiger partial charge on any atom is -0.338 e. The van der Waals surface area contributed by atoms with Crippen LogP contribution in [0.1, 0.15) is 11.1 Å². The maximum atomic E-state index is 12.9. The Morgan fingerprint density at radius 2 is 1.78 bits per heavy atom. The van der Waals surface area contributed by atoms with Crippen LogP contribution in [0.4, 0.5) is 5.95 Å². The lowest BCUT2D eigenvalue weighted by atomic mass is 10.0. The first kappa shape index (κ1) is 15.7. The van der Waals surface area contributed by atoms with E-state index in [1.54, 1.807) is 18.5 Å². The number of aromatic amines is 1. The second-order valence-electron chi connectivity index (χ2n) is 6.60. The average molecular weight is 355 g/mol. The molecule has 1 N–H and O–H groups in total. The van der Waals surface area contributed by atoms with Crippen molar-refractivity contribution in [2.75, 3.05) is 11.4 Å². The summed E-state index contributed by atoms with van der Waals surface area (Å²) in [5.74, 6) is 0.563. The number of H-pyrrole nitrogens is 1. The number of hydrogen-bond donors (Lipinski definition) is 1. The molecule has 3 aromatic heterocycles. The maximum Gasteiger partial charge on any atom is 0.262 e. The third kappa shape index (κ3) is 2.75. The molecule has 5 rings (SSSR count). The van der Waals surface area contributed by atoms with Gasteiger partial charge in [0.25, 0.3) is 5.56 Å². The zero-order valence-corrected chi connectivity index (χ0v) is 14.6. The van der Waals surface area contributed by atoms with E-state index in [0.717, 1.165) is 30.8 Å². The smallest absolute Gasteiger partial charge is 0.262 e. The minimum atomic E-state index is -0.192. The van der Waals surface area contributed by atoms with Crippen LogP contribution >= 0.6 is 0 Å². The van der Waals surface area contributed by atoms with Crippen molar-refractivity contribution in [2.45, 2.75) is 13.0 Å². The first-order valence-electron chi connectivity index (χ1n) is 8.92. The molecule has 0 radical (unpaired) electrons. The largest absolute Gasteiger partial charge is 0.338 e. The van der Waals surface area contributed by atoms with Gasteiger partial charge in [-0.1, -0.05) is 30.3 Å². The van der Waals surface area contributed by atoms with Crippen LogP contribution in [0, 0.1) is 0 Å². The number of fused-ring (bicyclic) bond motifs is 2. The van der Waals surface area contributed by atoms with E-state index in [-0.39, 0.29) is 5.56 Å². The monoisotopic (exact) mass is 355 g/mol. The van der Waals surface area contributed by atoms with E-state index in [1.807, 2.05) is 24.3 Å². The normalized spacial score (nSPS) is 13.6. The van der Waals surface area contributed by atoms with E-state index in [0.29, 0.717) is 17.0 Å². The molecule has 6 nitrogen and oxygen atoms in total. The highest BCUT2D eigenvalue weighted by atomic mass is 16.1. The van der Waals surface area contributed by atoms with Crippen LogP contribution < -0.4 is 10.5 Å². The highest BCUT2D eigenvalue weighted by Crippen LogP contribution is 2.25. The summed E-state index contributed by atoms with van der Waals surface area (Å²) in [4.78, 5) is 31.3. The summed E-state index contributed by atoms with van der Waals surface area (Å²) in [5, 5.41) is 0.470. The van der Waals surface area contributed by atoms with Crippen LogP contribution in [0.15, 0.2) is 65.7 Å². The van der Waals surface area contributed by atoms with Gasteiger partial charge in [-0.25, -0.2) is 4.98 Å². The van der Waals surface area contributed by atoms with Gasteiger partial charge in [0.1, 0.15) is 0 Å². The molecule has 132 valence electrons. The van der Waals surface area contributed by atoms with Crippen molar-refractivity contribution in [3.63, 3.8) is 0 Å². The van der Waals surface area contributed by atoms with Gasteiger partial charge in [0.2, 0.25) is 5.95 Å². The third-order valence-electron chi connectivity index (χ3n) is 4.97. The third-order valence-corrected chi connectivity index (χ3v) is 4.97. The van der Waals surface area contributed by atoms with Crippen molar-refractivity contribution in [3.8, 4) is 11.3 Å². The molecule has 0 saturated carbocycles. The van der Waals surface area contributed by atoms with Gasteiger partial charge in [0.15, 0.2) is 5.65 Å². The number of pyridine rings is 2. The fourth-order valence-corrected chi connectivity index (χ4v) is 3.61. The molecule has 0 fully saturated rings. The first-order chi connectivity index (χ1) is 13.3. The topological polar surface area (TPSA) is 74.8 Å². The lowest BCUT2D eigenvalue weighted by Crippen LogP contribution is -2.33. The van der Waals surface area contributed by atoms with Crippen LogP contribution in [-0.2, 0) is 13.0 Å². The molecule has 0 aliphatic carbocycles. The van der Waals surface area contributed by atoms with Gasteiger partial charge in [-0.3, -0.25) is 14.8 Å². The molecule has 4 aromatic rings. The second-order valence-corrected chi connectivity index (χ2v) is 6.60. The van der Waals surface area contributed by atoms with Crippen LogP contribution in [0.5, 0.6) is 0 Å². The van der Waals surface area contributed by atoms with Gasteiger partial charge < -0.3 is 4.90 Å². The lowest BCUT2D eigenvalue weighted by molar-refractivity contribution is 0.708. The van der Waals surface area contributed by atoms with Crippen LogP contribution in [0.3, 0.4) is 0 Å². The van der Waals surface area contributed by atoms with E-state index in [9.17, 15) is 4.79 Å². The number of hydrogen-bond acceptors (Lipinski definition) is 5. The highest BCUT2D eigenvalue weighted by molar-refractivity contribution is 5.90. The average Bonchev–Trinajstić information content (AvgIpc) is 2.73. The Balaban J connectivity index is 1.60. The van der Waals surface area contributed by atoms with Crippen molar-refractivity contribution in [1.82, 2.24) is 19.9 Å². The SMILES string of the molecule is O=c1[nH]c(N2CCc3ccccc3C2)nc2nccc(-c3ccccn3)c12. The van der Waals surface area contributed by atoms with E-state index in [1.165, 1.54) is 11.1 Å². The zero-order chi connectivity index (χ0) is 18.2. The van der Waals surface area contributed by atoms with Gasteiger partial charge in [0.05, 0.1) is 11.1 Å². The molecule has 0 spiro atoms. The van der Waals surface area contributed by atoms with Crippen molar-refractivity contribution in [2.24, 2.45) is 0 Å². The molecule has 6 heteroatoms. The van der Waals surface area contributed by atoms with E-state index >= 15 is 0 Å². The van der Waals surface area contributed by atoms with E-state index < -0.39 is 0 Å². The van der Waals surface area contributed by atoms with Gasteiger partial charge >= 0.3 is 0 Å². The Labute approximate surface area is 155 Å². The maximum absolute atomic E-state index is 12.9. The molecule has 1 aliphatic rings. The first-order valence-corrected chi connectivity index (χ1v) is 8.92. The van der Waals surface area contributed by atoms with Crippen molar-refractivity contribution in [1.29, 1.82) is 0 Å². The Kier molecular flexibility index (Phi) is 3.67. The predicted molar refractivity (Wildman–Crippen MR) is 105 cm³/mol. The Hall–Kier alpha value is -3.54. The van der Waals surface area contributed by atoms with Crippen molar-refractivity contribution >= 4 is 17.0 Å². The number of nitrogens with one attached hydrogen (secondary N) is 1. The molecule has 0 bridgehead atoms. The number of benzene rings is 1. The summed E-state index contributed by atoms with van der Waals surface area (Å²) in [6, 6.07) is 15.8. The molecule has 0 atom stereocenters. The van der Waals surface area contributed by atoms with Crippen LogP contribution in [-0.4, -0.2) is 26.5 Å². The Morgan fingerprint density at radius 3 is 2.63 bits per heavy atom. The highest BCUT2D eigenvalue weighted by Gasteiger charge is 2.20. The summed E-state index contributed by atoms with van der Waals surface area (Å²) >= 11 is 0. The molecular weight excluding hydrogens is 338 g/mol. The van der Waals surface area contributed by atoms with Crippen LogP contribution in [0.2, 0.25) is 0 Å². The summed E-state index contributed by atoms with van der Waals surface area (Å²) < 4.78 is 0. The molecule has 4 heterocycles. The second kappa shape index (κ2) is 6.32. The molecule has 0 saturated heterocycles. The molecule has 0 unspecified atom stereocenters. The molecule has 0 amide bonds. The number of rotatable bonds is 2. The zero-order valence-electron chi connectivity index (χ0n) is 14.6. The van der Waals surface area contributed by atoms with Crippen LogP contribution in [0.25, 0.3) is 22.3 Å².